The van der Waals surface area contributed by atoms with Gasteiger partial charge in [-0.2, -0.15) is 0 Å². The van der Waals surface area contributed by atoms with Gasteiger partial charge in [0.05, 0.1) is 5.02 Å². The third-order valence-electron chi connectivity index (χ3n) is 2.62. The van der Waals surface area contributed by atoms with Crippen LogP contribution in [0.25, 0.3) is 0 Å². The lowest BCUT2D eigenvalue weighted by atomic mass is 10.1. The van der Waals surface area contributed by atoms with E-state index in [0.29, 0.717) is 6.42 Å². The van der Waals surface area contributed by atoms with Crippen LogP contribution >= 0.6 is 11.6 Å². The van der Waals surface area contributed by atoms with E-state index in [9.17, 15) is 14.0 Å². The van der Waals surface area contributed by atoms with Crippen LogP contribution in [0.5, 0.6) is 0 Å². The van der Waals surface area contributed by atoms with Crippen molar-refractivity contribution >= 4 is 29.1 Å². The number of halogens is 2. The smallest absolute Gasteiger partial charge is 0.313 e. The molecule has 2 amide bonds. The van der Waals surface area contributed by atoms with Crippen molar-refractivity contribution in [2.75, 3.05) is 18.5 Å². The monoisotopic (exact) mass is 302 g/mol. The Morgan fingerprint density at radius 2 is 2.10 bits per heavy atom. The standard InChI is InChI=1S/C13H16ClFN2O3/c1-8(4-5-18)7-16-12(19)13(20)17-9-2-3-10(14)11(15)6-9/h2-3,6,8,18H,4-5,7H2,1H3,(H,16,19)(H,17,20). The first-order chi connectivity index (χ1) is 9.43. The van der Waals surface area contributed by atoms with E-state index < -0.39 is 17.6 Å². The fraction of sp³-hybridized carbons (Fsp3) is 0.385. The molecule has 0 aliphatic rings. The Morgan fingerprint density at radius 1 is 1.40 bits per heavy atom. The van der Waals surface area contributed by atoms with Gasteiger partial charge in [0.15, 0.2) is 0 Å². The molecule has 0 saturated heterocycles. The minimum Gasteiger partial charge on any atom is -0.396 e. The van der Waals surface area contributed by atoms with Crippen molar-refractivity contribution in [3.8, 4) is 0 Å². The maximum absolute atomic E-state index is 13.2. The van der Waals surface area contributed by atoms with Crippen LogP contribution < -0.4 is 10.6 Å². The summed E-state index contributed by atoms with van der Waals surface area (Å²) in [6.07, 6.45) is 0.532. The Bertz CT molecular complexity index is 497. The van der Waals surface area contributed by atoms with Gasteiger partial charge < -0.3 is 15.7 Å². The molecule has 3 N–H and O–H groups in total. The van der Waals surface area contributed by atoms with Gasteiger partial charge in [0.2, 0.25) is 0 Å². The zero-order valence-electron chi connectivity index (χ0n) is 11.0. The molecule has 1 unspecified atom stereocenters. The third-order valence-corrected chi connectivity index (χ3v) is 2.92. The molecule has 0 aliphatic heterocycles. The van der Waals surface area contributed by atoms with Crippen LogP contribution in [0.4, 0.5) is 10.1 Å². The Kier molecular flexibility index (Phi) is 6.41. The van der Waals surface area contributed by atoms with Gasteiger partial charge >= 0.3 is 11.8 Å². The summed E-state index contributed by atoms with van der Waals surface area (Å²) in [7, 11) is 0. The second-order valence-electron chi connectivity index (χ2n) is 4.41. The molecule has 7 heteroatoms. The highest BCUT2D eigenvalue weighted by Crippen LogP contribution is 2.18. The van der Waals surface area contributed by atoms with Crippen LogP contribution in [-0.4, -0.2) is 30.1 Å². The molecule has 0 aliphatic carbocycles. The minimum atomic E-state index is -0.886. The number of carbonyl (C=O) groups is 2. The summed E-state index contributed by atoms with van der Waals surface area (Å²) >= 11 is 5.51. The lowest BCUT2D eigenvalue weighted by Crippen LogP contribution is -2.37. The van der Waals surface area contributed by atoms with Crippen molar-refractivity contribution in [3.63, 3.8) is 0 Å². The number of hydrogen-bond acceptors (Lipinski definition) is 3. The average Bonchev–Trinajstić information content (AvgIpc) is 2.40. The highest BCUT2D eigenvalue weighted by molar-refractivity contribution is 6.39. The zero-order chi connectivity index (χ0) is 15.1. The van der Waals surface area contributed by atoms with E-state index >= 15 is 0 Å². The largest absolute Gasteiger partial charge is 0.396 e. The van der Waals surface area contributed by atoms with E-state index in [2.05, 4.69) is 10.6 Å². The van der Waals surface area contributed by atoms with Crippen LogP contribution in [0.3, 0.4) is 0 Å². The first-order valence-electron chi connectivity index (χ1n) is 6.09. The predicted octanol–water partition coefficient (Wildman–Crippen LogP) is 1.55. The number of amides is 2. The molecule has 0 bridgehead atoms. The second-order valence-corrected chi connectivity index (χ2v) is 4.82. The van der Waals surface area contributed by atoms with E-state index in [1.165, 1.54) is 12.1 Å². The van der Waals surface area contributed by atoms with Crippen LogP contribution in [0.2, 0.25) is 5.02 Å². The molecule has 1 aromatic carbocycles. The van der Waals surface area contributed by atoms with Crippen LogP contribution in [0.15, 0.2) is 18.2 Å². The summed E-state index contributed by atoms with van der Waals surface area (Å²) in [4.78, 5) is 23.1. The van der Waals surface area contributed by atoms with Crippen molar-refractivity contribution in [2.45, 2.75) is 13.3 Å². The molecular formula is C13H16ClFN2O3. The van der Waals surface area contributed by atoms with Crippen molar-refractivity contribution < 1.29 is 19.1 Å². The van der Waals surface area contributed by atoms with Gasteiger partial charge in [-0.15, -0.1) is 0 Å². The quantitative estimate of drug-likeness (QED) is 0.722. The molecule has 1 atom stereocenters. The number of carbonyl (C=O) groups excluding carboxylic acids is 2. The fourth-order valence-corrected chi connectivity index (χ4v) is 1.55. The molecule has 0 aromatic heterocycles. The molecule has 1 rings (SSSR count). The SMILES string of the molecule is CC(CCO)CNC(=O)C(=O)Nc1ccc(Cl)c(F)c1. The van der Waals surface area contributed by atoms with E-state index in [0.717, 1.165) is 6.07 Å². The van der Waals surface area contributed by atoms with Gasteiger partial charge in [-0.05, 0) is 30.5 Å². The van der Waals surface area contributed by atoms with Crippen molar-refractivity contribution in [1.82, 2.24) is 5.32 Å². The first-order valence-corrected chi connectivity index (χ1v) is 6.47. The van der Waals surface area contributed by atoms with Crippen molar-refractivity contribution in [3.05, 3.63) is 29.0 Å². The second kappa shape index (κ2) is 7.81. The fourth-order valence-electron chi connectivity index (χ4n) is 1.43. The van der Waals surface area contributed by atoms with Gasteiger partial charge in [-0.3, -0.25) is 9.59 Å². The van der Waals surface area contributed by atoms with Crippen LogP contribution in [-0.2, 0) is 9.59 Å². The number of aliphatic hydroxyl groups excluding tert-OH is 1. The van der Waals surface area contributed by atoms with Crippen LogP contribution in [0.1, 0.15) is 13.3 Å². The lowest BCUT2D eigenvalue weighted by molar-refractivity contribution is -0.136. The van der Waals surface area contributed by atoms with Gasteiger partial charge in [-0.1, -0.05) is 18.5 Å². The van der Waals surface area contributed by atoms with E-state index in [-0.39, 0.29) is 29.8 Å². The number of nitrogens with one attached hydrogen (secondary N) is 2. The summed E-state index contributed by atoms with van der Waals surface area (Å²) in [5.74, 6) is -2.32. The Morgan fingerprint density at radius 3 is 2.70 bits per heavy atom. The zero-order valence-corrected chi connectivity index (χ0v) is 11.7. The lowest BCUT2D eigenvalue weighted by Gasteiger charge is -2.11. The number of benzene rings is 1. The van der Waals surface area contributed by atoms with Gasteiger partial charge in [0.25, 0.3) is 0 Å². The molecule has 0 saturated carbocycles. The maximum atomic E-state index is 13.2. The highest BCUT2D eigenvalue weighted by atomic mass is 35.5. The summed E-state index contributed by atoms with van der Waals surface area (Å²) in [5.41, 5.74) is 0.149. The minimum absolute atomic E-state index is 0.0211. The number of aliphatic hydroxyl groups is 1. The summed E-state index contributed by atoms with van der Waals surface area (Å²) in [6.45, 7) is 2.14. The van der Waals surface area contributed by atoms with Gasteiger partial charge in [0.1, 0.15) is 5.82 Å². The summed E-state index contributed by atoms with van der Waals surface area (Å²) in [5, 5.41) is 13.3. The molecule has 0 fully saturated rings. The molecule has 0 radical (unpaired) electrons. The van der Waals surface area contributed by atoms with Crippen molar-refractivity contribution in [1.29, 1.82) is 0 Å². The van der Waals surface area contributed by atoms with Crippen molar-refractivity contribution in [2.24, 2.45) is 5.92 Å². The normalized spacial score (nSPS) is 11.8. The Hall–Kier alpha value is -1.66. The maximum Gasteiger partial charge on any atom is 0.313 e. The predicted molar refractivity (Wildman–Crippen MR) is 73.9 cm³/mol. The molecule has 20 heavy (non-hydrogen) atoms. The topological polar surface area (TPSA) is 78.4 Å². The molecule has 1 aromatic rings. The molecule has 110 valence electrons. The van der Waals surface area contributed by atoms with E-state index in [4.69, 9.17) is 16.7 Å². The molecule has 5 nitrogen and oxygen atoms in total. The first kappa shape index (κ1) is 16.4. The number of rotatable bonds is 5. The van der Waals surface area contributed by atoms with E-state index in [1.807, 2.05) is 6.92 Å². The van der Waals surface area contributed by atoms with Gasteiger partial charge in [-0.25, -0.2) is 4.39 Å². The highest BCUT2D eigenvalue weighted by Gasteiger charge is 2.15. The summed E-state index contributed by atoms with van der Waals surface area (Å²) < 4.78 is 13.2. The van der Waals surface area contributed by atoms with E-state index in [1.54, 1.807) is 0 Å². The molecular weight excluding hydrogens is 287 g/mol. The number of hydrogen-bond donors (Lipinski definition) is 3. The molecule has 0 spiro atoms. The van der Waals surface area contributed by atoms with Gasteiger partial charge in [0, 0.05) is 18.8 Å². The third kappa shape index (κ3) is 5.14. The van der Waals surface area contributed by atoms with Crippen LogP contribution in [0, 0.1) is 11.7 Å². The number of anilines is 1. The average molecular weight is 303 g/mol. The summed E-state index contributed by atoms with van der Waals surface area (Å²) in [6, 6.07) is 3.71. The Labute approximate surface area is 121 Å². The molecule has 0 heterocycles. The Balaban J connectivity index is 2.49.